The molecule has 52 heavy (non-hydrogen) atoms. The lowest BCUT2D eigenvalue weighted by atomic mass is 9.93. The molecule has 1 fully saturated rings. The van der Waals surface area contributed by atoms with Crippen LogP contribution in [0.1, 0.15) is 61.5 Å². The van der Waals surface area contributed by atoms with Gasteiger partial charge in [0.2, 0.25) is 17.8 Å². The van der Waals surface area contributed by atoms with E-state index in [0.29, 0.717) is 11.4 Å². The third-order valence-electron chi connectivity index (χ3n) is 8.01. The molecule has 8 N–H and O–H groups in total. The number of hydrogen-bond donors (Lipinski definition) is 7. The maximum absolute atomic E-state index is 13.1. The summed E-state index contributed by atoms with van der Waals surface area (Å²) in [5.74, 6) is -6.90. The van der Waals surface area contributed by atoms with Crippen LogP contribution >= 0.6 is 0 Å². The number of carbonyl (C=O) groups excluding carboxylic acids is 6. The smallest absolute Gasteiger partial charge is 0.344 e. The SMILES string of the molecule is CCC(=O)CC1CN1C(=O)[C@H](CC(=O)O)CC(=O)[C@H](CC(=O)OO)NC(=O)CCNC(=O)c1ccc(NCc2cnc3nc(N)[nH]c(=O)c3n2)cc1. The van der Waals surface area contributed by atoms with Crippen LogP contribution < -0.4 is 27.2 Å². The van der Waals surface area contributed by atoms with Crippen molar-refractivity contribution in [1.82, 2.24) is 35.5 Å². The average molecular weight is 724 g/mol. The van der Waals surface area contributed by atoms with Crippen molar-refractivity contribution in [2.45, 2.75) is 64.1 Å². The molecule has 20 heteroatoms. The summed E-state index contributed by atoms with van der Waals surface area (Å²) in [6.45, 7) is 1.93. The molecule has 276 valence electrons. The number of carbonyl (C=O) groups is 7. The van der Waals surface area contributed by atoms with Crippen molar-refractivity contribution in [3.63, 3.8) is 0 Å². The number of aliphatic carboxylic acids is 1. The van der Waals surface area contributed by atoms with Gasteiger partial charge in [0.1, 0.15) is 5.78 Å². The van der Waals surface area contributed by atoms with E-state index < -0.39 is 72.2 Å². The van der Waals surface area contributed by atoms with E-state index in [1.54, 1.807) is 19.1 Å². The lowest BCUT2D eigenvalue weighted by Gasteiger charge is -2.20. The van der Waals surface area contributed by atoms with E-state index in [9.17, 15) is 43.5 Å². The molecule has 3 atom stereocenters. The number of hydrogen-bond acceptors (Lipinski definition) is 15. The molecule has 3 amide bonds. The summed E-state index contributed by atoms with van der Waals surface area (Å²) in [6, 6.07) is 4.32. The lowest BCUT2D eigenvalue weighted by molar-refractivity contribution is -0.234. The number of anilines is 2. The Kier molecular flexibility index (Phi) is 13.0. The highest BCUT2D eigenvalue weighted by molar-refractivity contribution is 5.97. The predicted molar refractivity (Wildman–Crippen MR) is 179 cm³/mol. The first-order valence-corrected chi connectivity index (χ1v) is 16.1. The molecule has 0 radical (unpaired) electrons. The highest BCUT2D eigenvalue weighted by Gasteiger charge is 2.43. The summed E-state index contributed by atoms with van der Waals surface area (Å²) < 4.78 is 0. The van der Waals surface area contributed by atoms with Crippen molar-refractivity contribution >= 4 is 64.0 Å². The fourth-order valence-corrected chi connectivity index (χ4v) is 5.20. The second-order valence-corrected chi connectivity index (χ2v) is 11.9. The topological polar surface area (TPSA) is 306 Å². The summed E-state index contributed by atoms with van der Waals surface area (Å²) in [7, 11) is 0. The Labute approximate surface area is 294 Å². The van der Waals surface area contributed by atoms with Gasteiger partial charge in [0, 0.05) is 50.0 Å². The van der Waals surface area contributed by atoms with Gasteiger partial charge in [-0.05, 0) is 24.3 Å². The van der Waals surface area contributed by atoms with Crippen LogP contribution in [-0.2, 0) is 40.2 Å². The van der Waals surface area contributed by atoms with Gasteiger partial charge in [-0.1, -0.05) is 6.92 Å². The van der Waals surface area contributed by atoms with Crippen molar-refractivity contribution in [1.29, 1.82) is 0 Å². The molecule has 0 bridgehead atoms. The Balaban J connectivity index is 1.27. The quantitative estimate of drug-likeness (QED) is 0.0468. The summed E-state index contributed by atoms with van der Waals surface area (Å²) in [5, 5.41) is 26.0. The Hall–Kier alpha value is -6.31. The standard InChI is InChI=1S/C32H37N9O11/c1-2-21(42)11-20-15-41(20)31(50)17(10-25(45)46)9-23(43)22(12-26(47)52-51)38-24(44)7-8-34-29(48)16-3-5-18(6-4-16)35-13-19-14-36-28-27(37-19)30(49)40-32(33)39-28/h3-6,14,17,20,22,35,51H,2,7-13,15H2,1H3,(H,34,48)(H,38,44)(H,45,46)(H3,33,36,39,40,49)/t17-,20?,22-,41?/m0/s1. The Morgan fingerprint density at radius 1 is 1.08 bits per heavy atom. The van der Waals surface area contributed by atoms with Crippen LogP contribution in [0.2, 0.25) is 0 Å². The monoisotopic (exact) mass is 723 g/mol. The summed E-state index contributed by atoms with van der Waals surface area (Å²) in [6.07, 6.45) is -0.674. The third kappa shape index (κ3) is 10.8. The first-order valence-electron chi connectivity index (χ1n) is 16.1. The summed E-state index contributed by atoms with van der Waals surface area (Å²) >= 11 is 0. The number of nitrogens with one attached hydrogen (secondary N) is 4. The number of nitrogen functional groups attached to an aromatic ring is 1. The van der Waals surface area contributed by atoms with Crippen molar-refractivity contribution in [2.24, 2.45) is 5.92 Å². The Morgan fingerprint density at radius 3 is 2.48 bits per heavy atom. The number of fused-ring (bicyclic) bond motifs is 1. The molecule has 1 aliphatic heterocycles. The van der Waals surface area contributed by atoms with Crippen molar-refractivity contribution in [2.75, 3.05) is 24.1 Å². The van der Waals surface area contributed by atoms with Gasteiger partial charge >= 0.3 is 11.9 Å². The number of amides is 3. The second kappa shape index (κ2) is 17.6. The van der Waals surface area contributed by atoms with Crippen molar-refractivity contribution in [3.05, 3.63) is 52.1 Å². The van der Waals surface area contributed by atoms with Crippen LogP contribution in [0.15, 0.2) is 35.3 Å². The van der Waals surface area contributed by atoms with Crippen LogP contribution in [0.5, 0.6) is 0 Å². The largest absolute Gasteiger partial charge is 0.481 e. The number of rotatable bonds is 19. The highest BCUT2D eigenvalue weighted by Crippen LogP contribution is 2.27. The molecule has 3 heterocycles. The molecular weight excluding hydrogens is 686 g/mol. The molecular formula is C32H37N9O11. The van der Waals surface area contributed by atoms with E-state index in [2.05, 4.69) is 40.8 Å². The molecule has 1 saturated heterocycles. The first kappa shape index (κ1) is 38.5. The molecule has 3 aromatic rings. The highest BCUT2D eigenvalue weighted by atomic mass is 17.1. The van der Waals surface area contributed by atoms with Gasteiger partial charge < -0.3 is 36.6 Å². The number of carboxylic acid groups (broad SMARTS) is 1. The maximum atomic E-state index is 13.1. The molecule has 2 aromatic heterocycles. The molecule has 0 saturated carbocycles. The Morgan fingerprint density at radius 2 is 1.81 bits per heavy atom. The minimum Gasteiger partial charge on any atom is -0.481 e. The number of nitrogens with zero attached hydrogens (tertiary/aromatic N) is 4. The molecule has 1 aliphatic rings. The van der Waals surface area contributed by atoms with Crippen molar-refractivity contribution in [3.8, 4) is 0 Å². The fourth-order valence-electron chi connectivity index (χ4n) is 5.20. The zero-order valence-corrected chi connectivity index (χ0v) is 27.9. The number of nitrogens with two attached hydrogens (primary N) is 1. The van der Waals surface area contributed by atoms with Gasteiger partial charge in [0.25, 0.3) is 11.5 Å². The van der Waals surface area contributed by atoms with E-state index >= 15 is 0 Å². The minimum absolute atomic E-state index is 0.0309. The number of benzene rings is 1. The average Bonchev–Trinajstić information content (AvgIpc) is 3.88. The fraction of sp³-hybridized carbons (Fsp3) is 0.406. The normalized spacial score (nSPS) is 14.5. The number of aromatic nitrogens is 4. The van der Waals surface area contributed by atoms with Crippen LogP contribution in [0.3, 0.4) is 0 Å². The van der Waals surface area contributed by atoms with E-state index in [-0.39, 0.29) is 73.4 Å². The Bertz CT molecular complexity index is 1920. The van der Waals surface area contributed by atoms with Gasteiger partial charge in [-0.3, -0.25) is 38.5 Å². The van der Waals surface area contributed by atoms with Crippen LogP contribution in [-0.4, -0.2) is 102 Å². The van der Waals surface area contributed by atoms with Crippen LogP contribution in [0.4, 0.5) is 11.6 Å². The zero-order chi connectivity index (χ0) is 37.9. The van der Waals surface area contributed by atoms with Gasteiger partial charge in [-0.15, -0.1) is 0 Å². The van der Waals surface area contributed by atoms with Crippen molar-refractivity contribution < 1.29 is 48.8 Å². The third-order valence-corrected chi connectivity index (χ3v) is 8.01. The molecule has 1 aromatic carbocycles. The maximum Gasteiger partial charge on any atom is 0.344 e. The number of Topliss-reactive ketones (excluding diaryl/α,β-unsaturated/α-hetero) is 2. The minimum atomic E-state index is -1.57. The number of aromatic amines is 1. The van der Waals surface area contributed by atoms with E-state index in [1.807, 2.05) is 0 Å². The molecule has 4 rings (SSSR count). The number of carboxylic acids is 1. The van der Waals surface area contributed by atoms with E-state index in [1.165, 1.54) is 23.2 Å². The van der Waals surface area contributed by atoms with Gasteiger partial charge in [0.05, 0.1) is 49.3 Å². The second-order valence-electron chi connectivity index (χ2n) is 11.9. The zero-order valence-electron chi connectivity index (χ0n) is 27.9. The number of H-pyrrole nitrogens is 1. The first-order chi connectivity index (χ1) is 24.8. The van der Waals surface area contributed by atoms with E-state index in [4.69, 9.17) is 11.0 Å². The van der Waals surface area contributed by atoms with Crippen LogP contribution in [0.25, 0.3) is 11.2 Å². The number of ketones is 2. The lowest BCUT2D eigenvalue weighted by Crippen LogP contribution is -2.44. The predicted octanol–water partition coefficient (Wildman–Crippen LogP) is -0.451. The van der Waals surface area contributed by atoms with E-state index in [0.717, 1.165) is 0 Å². The molecule has 1 unspecified atom stereocenters. The van der Waals surface area contributed by atoms with Gasteiger partial charge in [0.15, 0.2) is 16.9 Å². The van der Waals surface area contributed by atoms with Crippen LogP contribution in [0, 0.1) is 5.92 Å². The van der Waals surface area contributed by atoms with Gasteiger partial charge in [-0.25, -0.2) is 14.8 Å². The summed E-state index contributed by atoms with van der Waals surface area (Å²) in [5.41, 5.74) is 6.45. The molecule has 0 aliphatic carbocycles. The van der Waals surface area contributed by atoms with Gasteiger partial charge in [-0.2, -0.15) is 10.2 Å². The molecule has 20 nitrogen and oxygen atoms in total. The summed E-state index contributed by atoms with van der Waals surface area (Å²) in [4.78, 5) is 118. The molecule has 0 spiro atoms.